The van der Waals surface area contributed by atoms with Crippen LogP contribution in [0.5, 0.6) is 0 Å². The highest BCUT2D eigenvalue weighted by atomic mass is 16.3. The number of fused-ring (bicyclic) bond motifs is 1. The summed E-state index contributed by atoms with van der Waals surface area (Å²) in [6.07, 6.45) is 0.571. The monoisotopic (exact) mass is 165 g/mol. The van der Waals surface area contributed by atoms with Crippen LogP contribution in [0.25, 0.3) is 0 Å². The molecular weight excluding hydrogens is 158 g/mol. The normalized spacial score (nSPS) is 28.2. The lowest BCUT2D eigenvalue weighted by atomic mass is 9.94. The Balaban J connectivity index is 2.43. The number of carbonyl (C=O) groups excluding carboxylic acids is 2. The van der Waals surface area contributed by atoms with Crippen molar-refractivity contribution in [2.75, 3.05) is 6.54 Å². The van der Waals surface area contributed by atoms with Crippen molar-refractivity contribution in [1.29, 1.82) is 0 Å². The van der Waals surface area contributed by atoms with Crippen LogP contribution in [0.4, 0.5) is 0 Å². The van der Waals surface area contributed by atoms with Crippen molar-refractivity contribution < 1.29 is 14.7 Å². The molecule has 0 saturated carbocycles. The molecule has 4 heteroatoms. The smallest absolute Gasteiger partial charge is 0.222 e. The quantitative estimate of drug-likeness (QED) is 0.481. The summed E-state index contributed by atoms with van der Waals surface area (Å²) in [6, 6.07) is 0. The van der Waals surface area contributed by atoms with Gasteiger partial charge in [0.2, 0.25) is 11.6 Å². The van der Waals surface area contributed by atoms with E-state index in [-0.39, 0.29) is 13.0 Å². The number of aliphatic hydroxyl groups is 1. The fourth-order valence-electron chi connectivity index (χ4n) is 1.38. The van der Waals surface area contributed by atoms with E-state index in [4.69, 9.17) is 0 Å². The van der Waals surface area contributed by atoms with Crippen molar-refractivity contribution in [3.05, 3.63) is 11.6 Å². The van der Waals surface area contributed by atoms with Crippen molar-refractivity contribution >= 4 is 17.3 Å². The first kappa shape index (κ1) is 7.36. The fraction of sp³-hybridized carbons (Fsp3) is 0.375. The summed E-state index contributed by atoms with van der Waals surface area (Å²) in [6.45, 7) is 0.279. The Bertz CT molecular complexity index is 327. The predicted octanol–water partition coefficient (Wildman–Crippen LogP) is -0.730. The minimum absolute atomic E-state index is 0.0573. The second kappa shape index (κ2) is 2.35. The summed E-state index contributed by atoms with van der Waals surface area (Å²) in [5.74, 6) is -0.962. The minimum atomic E-state index is -0.683. The van der Waals surface area contributed by atoms with Crippen LogP contribution in [0, 0.1) is 0 Å². The van der Waals surface area contributed by atoms with Crippen LogP contribution in [-0.2, 0) is 9.59 Å². The van der Waals surface area contributed by atoms with E-state index < -0.39 is 17.7 Å². The maximum absolute atomic E-state index is 10.9. The van der Waals surface area contributed by atoms with Crippen LogP contribution < -0.4 is 0 Å². The van der Waals surface area contributed by atoms with Gasteiger partial charge in [0.05, 0.1) is 13.0 Å². The van der Waals surface area contributed by atoms with E-state index in [1.165, 1.54) is 6.08 Å². The molecule has 1 heterocycles. The fourth-order valence-corrected chi connectivity index (χ4v) is 1.38. The molecule has 1 unspecified atom stereocenters. The van der Waals surface area contributed by atoms with E-state index in [9.17, 15) is 14.7 Å². The Kier molecular flexibility index (Phi) is 1.44. The summed E-state index contributed by atoms with van der Waals surface area (Å²) in [4.78, 5) is 25.7. The molecule has 0 spiro atoms. The molecule has 0 aromatic rings. The lowest BCUT2D eigenvalue weighted by Crippen LogP contribution is -2.25. The van der Waals surface area contributed by atoms with Gasteiger partial charge >= 0.3 is 0 Å². The van der Waals surface area contributed by atoms with Gasteiger partial charge in [-0.25, -0.2) is 0 Å². The molecule has 0 amide bonds. The first-order chi connectivity index (χ1) is 5.68. The van der Waals surface area contributed by atoms with Gasteiger partial charge in [0, 0.05) is 11.3 Å². The zero-order valence-electron chi connectivity index (χ0n) is 6.28. The molecule has 0 saturated heterocycles. The largest absolute Gasteiger partial charge is 0.386 e. The Hall–Kier alpha value is -1.29. The molecule has 1 N–H and O–H groups in total. The molecule has 1 atom stereocenters. The molecule has 2 rings (SSSR count). The number of nitrogens with zero attached hydrogens (tertiary/aromatic N) is 1. The van der Waals surface area contributed by atoms with Gasteiger partial charge in [-0.05, 0) is 6.08 Å². The van der Waals surface area contributed by atoms with Crippen LogP contribution in [-0.4, -0.2) is 35.0 Å². The second-order valence-corrected chi connectivity index (χ2v) is 2.87. The van der Waals surface area contributed by atoms with Gasteiger partial charge in [-0.2, -0.15) is 0 Å². The summed E-state index contributed by atoms with van der Waals surface area (Å²) in [5.41, 5.74) is 1.10. The molecule has 4 nitrogen and oxygen atoms in total. The van der Waals surface area contributed by atoms with E-state index in [1.807, 2.05) is 0 Å². The van der Waals surface area contributed by atoms with Crippen LogP contribution in [0.3, 0.4) is 0 Å². The summed E-state index contributed by atoms with van der Waals surface area (Å²) < 4.78 is 0. The number of rotatable bonds is 0. The van der Waals surface area contributed by atoms with Crippen LogP contribution in [0.1, 0.15) is 6.42 Å². The molecule has 12 heavy (non-hydrogen) atoms. The SMILES string of the molecule is O=C1C=C2C(=NCC2O)CC1=O. The number of allylic oxidation sites excluding steroid dienone is 1. The molecule has 0 aromatic heterocycles. The van der Waals surface area contributed by atoms with Gasteiger partial charge in [0.25, 0.3) is 0 Å². The van der Waals surface area contributed by atoms with E-state index in [2.05, 4.69) is 4.99 Å². The highest BCUT2D eigenvalue weighted by Crippen LogP contribution is 2.20. The zero-order valence-corrected chi connectivity index (χ0v) is 6.28. The molecule has 2 aliphatic rings. The summed E-state index contributed by atoms with van der Waals surface area (Å²) in [7, 11) is 0. The second-order valence-electron chi connectivity index (χ2n) is 2.87. The Morgan fingerprint density at radius 3 is 3.00 bits per heavy atom. The van der Waals surface area contributed by atoms with Crippen LogP contribution >= 0.6 is 0 Å². The lowest BCUT2D eigenvalue weighted by molar-refractivity contribution is -0.133. The van der Waals surface area contributed by atoms with Gasteiger partial charge in [-0.15, -0.1) is 0 Å². The molecular formula is C8H7NO3. The molecule has 62 valence electrons. The van der Waals surface area contributed by atoms with E-state index in [1.54, 1.807) is 0 Å². The average Bonchev–Trinajstić information content (AvgIpc) is 2.35. The molecule has 0 fully saturated rings. The Morgan fingerprint density at radius 1 is 1.50 bits per heavy atom. The van der Waals surface area contributed by atoms with Crippen molar-refractivity contribution in [3.63, 3.8) is 0 Å². The lowest BCUT2D eigenvalue weighted by Gasteiger charge is -2.10. The van der Waals surface area contributed by atoms with Crippen molar-refractivity contribution in [2.45, 2.75) is 12.5 Å². The minimum Gasteiger partial charge on any atom is -0.386 e. The van der Waals surface area contributed by atoms with Gasteiger partial charge in [0.1, 0.15) is 6.10 Å². The summed E-state index contributed by atoms with van der Waals surface area (Å²) in [5, 5.41) is 9.28. The molecule has 0 bridgehead atoms. The third-order valence-corrected chi connectivity index (χ3v) is 2.04. The first-order valence-corrected chi connectivity index (χ1v) is 3.69. The molecule has 0 aromatic carbocycles. The maximum atomic E-state index is 10.9. The number of aliphatic imine (C=N–C) groups is 1. The third-order valence-electron chi connectivity index (χ3n) is 2.04. The Labute approximate surface area is 68.6 Å². The number of hydrogen-bond donors (Lipinski definition) is 1. The van der Waals surface area contributed by atoms with Crippen molar-refractivity contribution in [1.82, 2.24) is 0 Å². The number of Topliss-reactive ketones (excluding diaryl/α,β-unsaturated/α-hetero) is 1. The van der Waals surface area contributed by atoms with Crippen LogP contribution in [0.2, 0.25) is 0 Å². The van der Waals surface area contributed by atoms with Gasteiger partial charge in [-0.3, -0.25) is 14.6 Å². The predicted molar refractivity (Wildman–Crippen MR) is 41.0 cm³/mol. The Morgan fingerprint density at radius 2 is 2.25 bits per heavy atom. The zero-order chi connectivity index (χ0) is 8.72. The highest BCUT2D eigenvalue weighted by Gasteiger charge is 2.31. The van der Waals surface area contributed by atoms with E-state index in [0.717, 1.165) is 0 Å². The molecule has 1 aliphatic carbocycles. The van der Waals surface area contributed by atoms with Gasteiger partial charge < -0.3 is 5.11 Å². The van der Waals surface area contributed by atoms with E-state index in [0.29, 0.717) is 11.3 Å². The van der Waals surface area contributed by atoms with Crippen LogP contribution in [0.15, 0.2) is 16.6 Å². The molecule has 0 radical (unpaired) electrons. The number of ketones is 2. The topological polar surface area (TPSA) is 66.7 Å². The first-order valence-electron chi connectivity index (χ1n) is 3.69. The highest BCUT2D eigenvalue weighted by molar-refractivity contribution is 6.48. The van der Waals surface area contributed by atoms with Crippen molar-refractivity contribution in [2.24, 2.45) is 4.99 Å². The van der Waals surface area contributed by atoms with Gasteiger partial charge in [-0.1, -0.05) is 0 Å². The number of carbonyl (C=O) groups is 2. The van der Waals surface area contributed by atoms with E-state index >= 15 is 0 Å². The van der Waals surface area contributed by atoms with Crippen molar-refractivity contribution in [3.8, 4) is 0 Å². The number of aliphatic hydroxyl groups excluding tert-OH is 1. The molecule has 1 aliphatic heterocycles. The standard InChI is InChI=1S/C8H7NO3/c10-6-1-4-5(2-7(6)11)9-3-8(4)12/h1,8,12H,2-3H2. The maximum Gasteiger partial charge on any atom is 0.222 e. The third kappa shape index (κ3) is 0.921. The number of hydrogen-bond acceptors (Lipinski definition) is 4. The van der Waals surface area contributed by atoms with Gasteiger partial charge in [0.15, 0.2) is 0 Å². The average molecular weight is 165 g/mol. The summed E-state index contributed by atoms with van der Waals surface area (Å²) >= 11 is 0.